The Morgan fingerprint density at radius 2 is 1.52 bits per heavy atom. The maximum absolute atomic E-state index is 13.9. The van der Waals surface area contributed by atoms with Crippen molar-refractivity contribution in [2.45, 2.75) is 58.6 Å². The lowest BCUT2D eigenvalue weighted by molar-refractivity contribution is -0.139. The summed E-state index contributed by atoms with van der Waals surface area (Å²) in [6.07, 6.45) is 2.36. The zero-order valence-electron chi connectivity index (χ0n) is 26.8. The summed E-state index contributed by atoms with van der Waals surface area (Å²) in [7, 11) is 1.37. The maximum atomic E-state index is 13.9. The van der Waals surface area contributed by atoms with Gasteiger partial charge < -0.3 is 19.4 Å². The van der Waals surface area contributed by atoms with Crippen LogP contribution in [0, 0.1) is 0 Å². The van der Waals surface area contributed by atoms with E-state index in [0.717, 1.165) is 64.0 Å². The second kappa shape index (κ2) is 14.6. The number of nitrogens with one attached hydrogen (secondary N) is 1. The van der Waals surface area contributed by atoms with E-state index in [2.05, 4.69) is 28.1 Å². The summed E-state index contributed by atoms with van der Waals surface area (Å²) in [6.45, 7) is 6.86. The second-order valence-electron chi connectivity index (χ2n) is 12.2. The van der Waals surface area contributed by atoms with Crippen molar-refractivity contribution in [2.24, 2.45) is 0 Å². The molecule has 2 heterocycles. The first-order chi connectivity index (χ1) is 22.1. The number of aryl methyl sites for hydroxylation is 1. The number of aromatic nitrogens is 1. The number of thiophene rings is 1. The highest BCUT2D eigenvalue weighted by molar-refractivity contribution is 7.17. The van der Waals surface area contributed by atoms with E-state index in [1.165, 1.54) is 18.4 Å². The lowest BCUT2D eigenvalue weighted by Gasteiger charge is -2.19. The van der Waals surface area contributed by atoms with Gasteiger partial charge in [-0.1, -0.05) is 72.8 Å². The van der Waals surface area contributed by atoms with Crippen molar-refractivity contribution in [1.82, 2.24) is 9.88 Å². The molecule has 0 aliphatic rings. The molecule has 0 saturated heterocycles. The summed E-state index contributed by atoms with van der Waals surface area (Å²) < 4.78 is 12.6. The molecule has 0 fully saturated rings. The lowest BCUT2D eigenvalue weighted by atomic mass is 10.0. The summed E-state index contributed by atoms with van der Waals surface area (Å²) in [5.41, 5.74) is 5.01. The zero-order chi connectivity index (χ0) is 32.7. The van der Waals surface area contributed by atoms with Crippen LogP contribution >= 0.6 is 11.3 Å². The summed E-state index contributed by atoms with van der Waals surface area (Å²) in [6, 6.07) is 29.9. The molecule has 0 atom stereocenters. The molecule has 46 heavy (non-hydrogen) atoms. The number of esters is 1. The number of carbonyl (C=O) groups is 3. The quantitative estimate of drug-likeness (QED) is 0.0841. The standard InChI is InChI=1S/C38H40N2O5S/c1-38(2,3)45-37(43)39-20-12-7-13-21-40-31(26-14-8-5-9-15-26)22-28-18-19-29(23-32(28)40)35(42)33-24-30(25-34(41)44-4)36(46-33)27-16-10-6-11-17-27/h5-6,8-11,14-19,22-24H,7,12-13,20-21,25H2,1-4H3,(H,39,43). The number of unbranched alkanes of at least 4 members (excludes halogenated alkanes) is 2. The number of hydrogen-bond donors (Lipinski definition) is 1. The Kier molecular flexibility index (Phi) is 10.4. The van der Waals surface area contributed by atoms with Gasteiger partial charge in [0.2, 0.25) is 5.78 Å². The van der Waals surface area contributed by atoms with Gasteiger partial charge in [-0.3, -0.25) is 9.59 Å². The number of rotatable bonds is 12. The predicted octanol–water partition coefficient (Wildman–Crippen LogP) is 8.68. The molecule has 0 aliphatic carbocycles. The van der Waals surface area contributed by atoms with E-state index in [4.69, 9.17) is 9.47 Å². The summed E-state index contributed by atoms with van der Waals surface area (Å²) >= 11 is 1.40. The average Bonchev–Trinajstić information content (AvgIpc) is 3.63. The highest BCUT2D eigenvalue weighted by Gasteiger charge is 2.21. The van der Waals surface area contributed by atoms with Crippen molar-refractivity contribution in [1.29, 1.82) is 0 Å². The van der Waals surface area contributed by atoms with E-state index >= 15 is 0 Å². The molecule has 5 aromatic rings. The fourth-order valence-corrected chi connectivity index (χ4v) is 6.58. The third-order valence-corrected chi connectivity index (χ3v) is 8.82. The summed E-state index contributed by atoms with van der Waals surface area (Å²) in [5, 5.41) is 3.89. The molecule has 0 saturated carbocycles. The first-order valence-corrected chi connectivity index (χ1v) is 16.4. The van der Waals surface area contributed by atoms with Crippen molar-refractivity contribution >= 4 is 40.1 Å². The number of alkyl carbamates (subject to hydrolysis) is 1. The monoisotopic (exact) mass is 636 g/mol. The Morgan fingerprint density at radius 1 is 0.826 bits per heavy atom. The van der Waals surface area contributed by atoms with Gasteiger partial charge >= 0.3 is 12.1 Å². The van der Waals surface area contributed by atoms with Crippen LogP contribution in [0.4, 0.5) is 4.79 Å². The number of nitrogens with zero attached hydrogens (tertiary/aromatic N) is 1. The molecule has 0 unspecified atom stereocenters. The SMILES string of the molecule is COC(=O)Cc1cc(C(=O)c2ccc3cc(-c4ccccc4)n(CCCCCNC(=O)OC(C)(C)C)c3c2)sc1-c1ccccc1. The molecule has 0 bridgehead atoms. The molecule has 0 spiro atoms. The van der Waals surface area contributed by atoms with Crippen molar-refractivity contribution in [3.05, 3.63) is 107 Å². The number of hydrogen-bond acceptors (Lipinski definition) is 6. The number of ketones is 1. The van der Waals surface area contributed by atoms with E-state index in [1.54, 1.807) is 0 Å². The van der Waals surface area contributed by atoms with Crippen molar-refractivity contribution < 1.29 is 23.9 Å². The number of amides is 1. The Balaban J connectivity index is 1.39. The smallest absolute Gasteiger partial charge is 0.407 e. The van der Waals surface area contributed by atoms with Gasteiger partial charge in [-0.05, 0) is 74.9 Å². The fraction of sp³-hybridized carbons (Fsp3) is 0.289. The number of carbonyl (C=O) groups excluding carboxylic acids is 3. The predicted molar refractivity (Wildman–Crippen MR) is 184 cm³/mol. The molecule has 5 rings (SSSR count). The molecule has 0 aliphatic heterocycles. The highest BCUT2D eigenvalue weighted by atomic mass is 32.1. The molecular weight excluding hydrogens is 596 g/mol. The van der Waals surface area contributed by atoms with Crippen LogP contribution in [0.2, 0.25) is 0 Å². The molecule has 7 nitrogen and oxygen atoms in total. The second-order valence-corrected chi connectivity index (χ2v) is 13.3. The average molecular weight is 637 g/mol. The zero-order valence-corrected chi connectivity index (χ0v) is 27.6. The van der Waals surface area contributed by atoms with Gasteiger partial charge in [0, 0.05) is 40.1 Å². The Labute approximate surface area is 274 Å². The van der Waals surface area contributed by atoms with Gasteiger partial charge in [-0.2, -0.15) is 0 Å². The molecule has 1 amide bonds. The minimum Gasteiger partial charge on any atom is -0.469 e. The van der Waals surface area contributed by atoms with Crippen LogP contribution in [0.3, 0.4) is 0 Å². The van der Waals surface area contributed by atoms with E-state index in [1.807, 2.05) is 93.6 Å². The van der Waals surface area contributed by atoms with E-state index < -0.39 is 11.7 Å². The van der Waals surface area contributed by atoms with Crippen LogP contribution < -0.4 is 5.32 Å². The van der Waals surface area contributed by atoms with Gasteiger partial charge in [0.1, 0.15) is 5.60 Å². The van der Waals surface area contributed by atoms with Gasteiger partial charge in [-0.15, -0.1) is 11.3 Å². The molecular formula is C38H40N2O5S. The Hall–Kier alpha value is -4.69. The topological polar surface area (TPSA) is 86.6 Å². The number of fused-ring (bicyclic) bond motifs is 1. The molecule has 2 aromatic heterocycles. The van der Waals surface area contributed by atoms with Gasteiger partial charge in [0.15, 0.2) is 0 Å². The van der Waals surface area contributed by atoms with Crippen molar-refractivity contribution in [3.63, 3.8) is 0 Å². The number of ether oxygens (including phenoxy) is 2. The molecule has 0 radical (unpaired) electrons. The summed E-state index contributed by atoms with van der Waals surface area (Å²) in [5.74, 6) is -0.426. The van der Waals surface area contributed by atoms with E-state index in [0.29, 0.717) is 17.0 Å². The van der Waals surface area contributed by atoms with E-state index in [-0.39, 0.29) is 18.2 Å². The van der Waals surface area contributed by atoms with Crippen molar-refractivity contribution in [2.75, 3.05) is 13.7 Å². The van der Waals surface area contributed by atoms with Gasteiger partial charge in [0.25, 0.3) is 0 Å². The third kappa shape index (κ3) is 8.12. The van der Waals surface area contributed by atoms with Crippen LogP contribution in [0.1, 0.15) is 60.8 Å². The first kappa shape index (κ1) is 32.7. The largest absolute Gasteiger partial charge is 0.469 e. The minimum absolute atomic E-state index is 0.0811. The Morgan fingerprint density at radius 3 is 2.20 bits per heavy atom. The van der Waals surface area contributed by atoms with Gasteiger partial charge in [-0.25, -0.2) is 4.79 Å². The highest BCUT2D eigenvalue weighted by Crippen LogP contribution is 2.36. The Bertz CT molecular complexity index is 1820. The van der Waals surface area contributed by atoms with Crippen LogP contribution in [0.5, 0.6) is 0 Å². The van der Waals surface area contributed by atoms with Crippen LogP contribution in [0.15, 0.2) is 91.0 Å². The molecule has 8 heteroatoms. The van der Waals surface area contributed by atoms with Crippen LogP contribution in [0.25, 0.3) is 32.6 Å². The van der Waals surface area contributed by atoms with E-state index in [9.17, 15) is 14.4 Å². The van der Waals surface area contributed by atoms with Crippen molar-refractivity contribution in [3.8, 4) is 21.7 Å². The molecule has 1 N–H and O–H groups in total. The van der Waals surface area contributed by atoms with Gasteiger partial charge in [0.05, 0.1) is 18.4 Å². The minimum atomic E-state index is -0.521. The first-order valence-electron chi connectivity index (χ1n) is 15.6. The number of methoxy groups -OCH3 is 1. The van der Waals surface area contributed by atoms with Crippen LogP contribution in [-0.2, 0) is 27.2 Å². The van der Waals surface area contributed by atoms with Crippen LogP contribution in [-0.4, -0.2) is 41.7 Å². The lowest BCUT2D eigenvalue weighted by Crippen LogP contribution is -2.33. The number of benzene rings is 3. The maximum Gasteiger partial charge on any atom is 0.407 e. The molecule has 3 aromatic carbocycles. The summed E-state index contributed by atoms with van der Waals surface area (Å²) in [4.78, 5) is 39.6. The third-order valence-electron chi connectivity index (χ3n) is 7.59. The fourth-order valence-electron chi connectivity index (χ4n) is 5.44. The molecule has 238 valence electrons. The normalized spacial score (nSPS) is 11.4.